The standard InChI is InChI=1S/C19H34O/c1-3-4-5-6-7-8-9-10-11-12-13-14-15-16-17-19(2)18-20/h1,20H,2,4-18H2. The first-order valence-corrected chi connectivity index (χ1v) is 8.52. The molecular weight excluding hydrogens is 244 g/mol. The Bertz CT molecular complexity index is 249. The van der Waals surface area contributed by atoms with Gasteiger partial charge in [-0.05, 0) is 19.3 Å². The molecule has 1 nitrogen and oxygen atoms in total. The topological polar surface area (TPSA) is 20.2 Å². The SMILES string of the molecule is C#CCCCCCCCCCCCCCCC(=C)CO. The van der Waals surface area contributed by atoms with Gasteiger partial charge in [0.2, 0.25) is 0 Å². The summed E-state index contributed by atoms with van der Waals surface area (Å²) >= 11 is 0. The van der Waals surface area contributed by atoms with Crippen LogP contribution >= 0.6 is 0 Å². The van der Waals surface area contributed by atoms with E-state index < -0.39 is 0 Å². The smallest absolute Gasteiger partial charge is 0.0639 e. The monoisotopic (exact) mass is 278 g/mol. The summed E-state index contributed by atoms with van der Waals surface area (Å²) in [6.07, 6.45) is 23.2. The van der Waals surface area contributed by atoms with Crippen molar-refractivity contribution in [2.75, 3.05) is 6.61 Å². The third-order valence-corrected chi connectivity index (χ3v) is 3.83. The van der Waals surface area contributed by atoms with E-state index in [1.165, 1.54) is 77.0 Å². The minimum Gasteiger partial charge on any atom is -0.392 e. The molecule has 0 saturated heterocycles. The molecule has 0 spiro atoms. The third kappa shape index (κ3) is 15.3. The van der Waals surface area contributed by atoms with Crippen LogP contribution in [-0.2, 0) is 0 Å². The lowest BCUT2D eigenvalue weighted by Crippen LogP contribution is -1.88. The van der Waals surface area contributed by atoms with E-state index in [0.29, 0.717) is 0 Å². The molecule has 0 radical (unpaired) electrons. The lowest BCUT2D eigenvalue weighted by Gasteiger charge is -2.03. The predicted molar refractivity (Wildman–Crippen MR) is 89.7 cm³/mol. The number of hydrogen-bond donors (Lipinski definition) is 1. The van der Waals surface area contributed by atoms with Gasteiger partial charge < -0.3 is 5.11 Å². The van der Waals surface area contributed by atoms with E-state index in [0.717, 1.165) is 18.4 Å². The van der Waals surface area contributed by atoms with Crippen molar-refractivity contribution in [1.82, 2.24) is 0 Å². The normalized spacial score (nSPS) is 10.4. The highest BCUT2D eigenvalue weighted by atomic mass is 16.3. The van der Waals surface area contributed by atoms with Gasteiger partial charge in [-0.15, -0.1) is 12.3 Å². The predicted octanol–water partition coefficient (Wildman–Crippen LogP) is 5.63. The molecule has 1 heteroatoms. The summed E-state index contributed by atoms with van der Waals surface area (Å²) in [5.41, 5.74) is 0.979. The second-order valence-electron chi connectivity index (χ2n) is 5.85. The average molecular weight is 278 g/mol. The van der Waals surface area contributed by atoms with Gasteiger partial charge in [-0.25, -0.2) is 0 Å². The second-order valence-corrected chi connectivity index (χ2v) is 5.85. The van der Waals surface area contributed by atoms with Gasteiger partial charge in [0.1, 0.15) is 0 Å². The Morgan fingerprint density at radius 3 is 1.55 bits per heavy atom. The van der Waals surface area contributed by atoms with Crippen molar-refractivity contribution in [3.8, 4) is 12.3 Å². The van der Waals surface area contributed by atoms with Crippen LogP contribution in [0.1, 0.15) is 89.9 Å². The number of unbranched alkanes of at least 4 members (excludes halogenated alkanes) is 12. The van der Waals surface area contributed by atoms with Crippen LogP contribution in [0.2, 0.25) is 0 Å². The quantitative estimate of drug-likeness (QED) is 0.234. The Hall–Kier alpha value is -0.740. The molecule has 0 saturated carbocycles. The molecule has 0 unspecified atom stereocenters. The molecular formula is C19H34O. The minimum absolute atomic E-state index is 0.155. The molecule has 0 aromatic rings. The van der Waals surface area contributed by atoms with Crippen LogP contribution in [0.5, 0.6) is 0 Å². The Morgan fingerprint density at radius 2 is 1.15 bits per heavy atom. The molecule has 0 atom stereocenters. The number of hydrogen-bond acceptors (Lipinski definition) is 1. The highest BCUT2D eigenvalue weighted by Gasteiger charge is 1.95. The van der Waals surface area contributed by atoms with Crippen molar-refractivity contribution in [2.24, 2.45) is 0 Å². The van der Waals surface area contributed by atoms with Crippen LogP contribution in [0, 0.1) is 12.3 Å². The van der Waals surface area contributed by atoms with Gasteiger partial charge in [0.15, 0.2) is 0 Å². The maximum atomic E-state index is 8.83. The van der Waals surface area contributed by atoms with Crippen molar-refractivity contribution in [3.05, 3.63) is 12.2 Å². The molecule has 0 heterocycles. The summed E-state index contributed by atoms with van der Waals surface area (Å²) in [6, 6.07) is 0. The average Bonchev–Trinajstić information content (AvgIpc) is 2.47. The molecule has 20 heavy (non-hydrogen) atoms. The van der Waals surface area contributed by atoms with Gasteiger partial charge in [0.05, 0.1) is 6.61 Å². The van der Waals surface area contributed by atoms with E-state index in [4.69, 9.17) is 11.5 Å². The van der Waals surface area contributed by atoms with Crippen LogP contribution in [-0.4, -0.2) is 11.7 Å². The lowest BCUT2D eigenvalue weighted by molar-refractivity contribution is 0.326. The summed E-state index contributed by atoms with van der Waals surface area (Å²) in [5, 5.41) is 8.83. The van der Waals surface area contributed by atoms with Crippen LogP contribution < -0.4 is 0 Å². The first kappa shape index (κ1) is 19.3. The van der Waals surface area contributed by atoms with Gasteiger partial charge in [0.25, 0.3) is 0 Å². The van der Waals surface area contributed by atoms with Crippen LogP contribution in [0.4, 0.5) is 0 Å². The van der Waals surface area contributed by atoms with Gasteiger partial charge in [-0.2, -0.15) is 0 Å². The molecule has 1 N–H and O–H groups in total. The van der Waals surface area contributed by atoms with Gasteiger partial charge in [-0.3, -0.25) is 0 Å². The van der Waals surface area contributed by atoms with Crippen molar-refractivity contribution in [2.45, 2.75) is 89.9 Å². The highest BCUT2D eigenvalue weighted by Crippen LogP contribution is 2.13. The molecule has 0 aliphatic heterocycles. The lowest BCUT2D eigenvalue weighted by atomic mass is 10.0. The van der Waals surface area contributed by atoms with Crippen LogP contribution in [0.15, 0.2) is 12.2 Å². The van der Waals surface area contributed by atoms with Crippen molar-refractivity contribution in [3.63, 3.8) is 0 Å². The first-order valence-electron chi connectivity index (χ1n) is 8.52. The summed E-state index contributed by atoms with van der Waals surface area (Å²) in [4.78, 5) is 0. The van der Waals surface area contributed by atoms with Gasteiger partial charge >= 0.3 is 0 Å². The Labute approximate surface area is 126 Å². The Morgan fingerprint density at radius 1 is 0.750 bits per heavy atom. The molecule has 0 bridgehead atoms. The molecule has 116 valence electrons. The highest BCUT2D eigenvalue weighted by molar-refractivity contribution is 4.92. The van der Waals surface area contributed by atoms with Gasteiger partial charge in [-0.1, -0.05) is 76.4 Å². The van der Waals surface area contributed by atoms with E-state index >= 15 is 0 Å². The zero-order chi connectivity index (χ0) is 14.9. The van der Waals surface area contributed by atoms with Gasteiger partial charge in [0, 0.05) is 6.42 Å². The first-order chi connectivity index (χ1) is 9.81. The summed E-state index contributed by atoms with van der Waals surface area (Å²) < 4.78 is 0. The van der Waals surface area contributed by atoms with Crippen molar-refractivity contribution in [1.29, 1.82) is 0 Å². The molecule has 0 aliphatic carbocycles. The molecule has 0 fully saturated rings. The largest absolute Gasteiger partial charge is 0.392 e. The fourth-order valence-electron chi connectivity index (χ4n) is 2.45. The fourth-order valence-corrected chi connectivity index (χ4v) is 2.45. The zero-order valence-corrected chi connectivity index (χ0v) is 13.3. The molecule has 0 rings (SSSR count). The van der Waals surface area contributed by atoms with Crippen LogP contribution in [0.25, 0.3) is 0 Å². The minimum atomic E-state index is 0.155. The third-order valence-electron chi connectivity index (χ3n) is 3.83. The number of aliphatic hydroxyl groups excluding tert-OH is 1. The Kier molecular flexibility index (Phi) is 15.7. The van der Waals surface area contributed by atoms with Crippen molar-refractivity contribution >= 4 is 0 Å². The summed E-state index contributed by atoms with van der Waals surface area (Å²) in [7, 11) is 0. The number of rotatable bonds is 15. The van der Waals surface area contributed by atoms with E-state index in [9.17, 15) is 0 Å². The van der Waals surface area contributed by atoms with E-state index in [-0.39, 0.29) is 6.61 Å². The fraction of sp³-hybridized carbons (Fsp3) is 0.789. The molecule has 0 amide bonds. The Balaban J connectivity index is 2.99. The summed E-state index contributed by atoms with van der Waals surface area (Å²) in [5.74, 6) is 2.70. The molecule has 0 aliphatic rings. The second kappa shape index (κ2) is 16.3. The van der Waals surface area contributed by atoms with Crippen molar-refractivity contribution < 1.29 is 5.11 Å². The number of aliphatic hydroxyl groups is 1. The molecule has 0 aromatic carbocycles. The van der Waals surface area contributed by atoms with E-state index in [1.807, 2.05) is 0 Å². The van der Waals surface area contributed by atoms with Crippen LogP contribution in [0.3, 0.4) is 0 Å². The number of terminal acetylenes is 1. The zero-order valence-electron chi connectivity index (χ0n) is 13.3. The van der Waals surface area contributed by atoms with E-state index in [1.54, 1.807) is 0 Å². The maximum absolute atomic E-state index is 8.83. The summed E-state index contributed by atoms with van der Waals surface area (Å²) in [6.45, 7) is 3.97. The van der Waals surface area contributed by atoms with E-state index in [2.05, 4.69) is 12.5 Å². The maximum Gasteiger partial charge on any atom is 0.0639 e. The molecule has 0 aromatic heterocycles.